The number of hydrogen-bond acceptors (Lipinski definition) is 6. The third-order valence-corrected chi connectivity index (χ3v) is 1.27. The van der Waals surface area contributed by atoms with Gasteiger partial charge in [0.15, 0.2) is 5.60 Å². The molecule has 0 atom stereocenters. The van der Waals surface area contributed by atoms with Crippen molar-refractivity contribution in [2.75, 3.05) is 0 Å². The Labute approximate surface area is 143 Å². The summed E-state index contributed by atoms with van der Waals surface area (Å²) in [5.74, 6) is -5.65. The van der Waals surface area contributed by atoms with Crippen LogP contribution in [0.25, 0.3) is 0 Å². The van der Waals surface area contributed by atoms with E-state index in [1.165, 1.54) is 0 Å². The summed E-state index contributed by atoms with van der Waals surface area (Å²) in [5.41, 5.74) is -2.86. The summed E-state index contributed by atoms with van der Waals surface area (Å²) in [6.45, 7) is 0. The van der Waals surface area contributed by atoms with Crippen LogP contribution in [0.15, 0.2) is 0 Å². The number of aliphatic hydroxyl groups is 1. The summed E-state index contributed by atoms with van der Waals surface area (Å²) in [6, 6.07) is 0. The van der Waals surface area contributed by atoms with Crippen molar-refractivity contribution in [3.8, 4) is 0 Å². The molecule has 0 bridgehead atoms. The van der Waals surface area contributed by atoms with E-state index in [2.05, 4.69) is 0 Å². The van der Waals surface area contributed by atoms with Gasteiger partial charge in [-0.25, -0.2) is 4.79 Å². The van der Waals surface area contributed by atoms with Crippen LogP contribution in [0.5, 0.6) is 0 Å². The normalized spacial score (nSPS) is 9.40. The van der Waals surface area contributed by atoms with E-state index in [0.29, 0.717) is 0 Å². The molecule has 0 saturated carbocycles. The quantitative estimate of drug-likeness (QED) is 0.476. The molecule has 0 unspecified atom stereocenters. The number of carboxylic acid groups (broad SMARTS) is 3. The molecule has 0 spiro atoms. The van der Waals surface area contributed by atoms with Crippen molar-refractivity contribution in [1.29, 1.82) is 0 Å². The molecule has 0 amide bonds. The molecule has 2 N–H and O–H groups in total. The van der Waals surface area contributed by atoms with Crippen molar-refractivity contribution in [1.82, 2.24) is 0 Å². The zero-order valence-corrected chi connectivity index (χ0v) is 12.3. The summed E-state index contributed by atoms with van der Waals surface area (Å²) >= 11 is 0. The van der Waals surface area contributed by atoms with Crippen molar-refractivity contribution in [2.24, 2.45) is 0 Å². The number of carbonyl (C=O) groups excluding carboxylic acids is 2. The zero-order valence-electron chi connectivity index (χ0n) is 7.65. The third kappa shape index (κ3) is 8.54. The van der Waals surface area contributed by atoms with Gasteiger partial charge in [-0.2, -0.15) is 0 Å². The number of carbonyl (C=O) groups is 3. The second-order valence-corrected chi connectivity index (χ2v) is 2.43. The van der Waals surface area contributed by atoms with E-state index in [9.17, 15) is 24.6 Å². The second kappa shape index (κ2) is 8.85. The average molecular weight is 337 g/mol. The molecule has 0 aromatic carbocycles. The first-order chi connectivity index (χ1) is 5.78. The Morgan fingerprint density at radius 2 is 1.33 bits per heavy atom. The Morgan fingerprint density at radius 1 is 1.07 bits per heavy atom. The van der Waals surface area contributed by atoms with Crippen LogP contribution in [0, 0.1) is 0 Å². The monoisotopic (exact) mass is 336 g/mol. The molecule has 7 nitrogen and oxygen atoms in total. The van der Waals surface area contributed by atoms with Crippen molar-refractivity contribution >= 4 is 17.9 Å². The fourth-order valence-corrected chi connectivity index (χ4v) is 0.691. The first-order valence-electron chi connectivity index (χ1n) is 3.13. The molecule has 0 aliphatic carbocycles. The van der Waals surface area contributed by atoms with E-state index < -0.39 is 36.4 Å². The van der Waals surface area contributed by atoms with Gasteiger partial charge in [-0.3, -0.25) is 0 Å². The predicted octanol–water partition coefficient (Wildman–Crippen LogP) is -6.92. The van der Waals surface area contributed by atoms with Gasteiger partial charge < -0.3 is 30.0 Å². The third-order valence-electron chi connectivity index (χ3n) is 1.27. The van der Waals surface area contributed by atoms with E-state index in [0.717, 1.165) is 0 Å². The molecule has 15 heavy (non-hydrogen) atoms. The molecule has 0 aromatic heterocycles. The number of hydrogen-bond donors (Lipinski definition) is 2. The van der Waals surface area contributed by atoms with E-state index >= 15 is 0 Å². The van der Waals surface area contributed by atoms with Crippen LogP contribution in [0.2, 0.25) is 0 Å². The summed E-state index contributed by atoms with van der Waals surface area (Å²) in [5, 5.41) is 37.2. The van der Waals surface area contributed by atoms with E-state index in [-0.39, 0.29) is 73.8 Å². The van der Waals surface area contributed by atoms with Crippen molar-refractivity contribution < 1.29 is 109 Å². The molecule has 84 valence electrons. The Hall–Kier alpha value is 0.747. The van der Waals surface area contributed by atoms with Gasteiger partial charge in [-0.1, -0.05) is 0 Å². The number of carboxylic acids is 3. The predicted molar refractivity (Wildman–Crippen MR) is 31.8 cm³/mol. The minimum absolute atomic E-state index is 0. The molecule has 9 heteroatoms. The topological polar surface area (TPSA) is 138 Å². The SMILES string of the molecule is O=C([O-])CC(O)(CC(=O)[O-])C(=O)O.[Ag+].[K+]. The molecular formula is C6H6AgKO7. The Morgan fingerprint density at radius 3 is 1.47 bits per heavy atom. The molecule has 0 aliphatic heterocycles. The molecule has 0 rings (SSSR count). The van der Waals surface area contributed by atoms with Gasteiger partial charge in [0, 0.05) is 24.8 Å². The average Bonchev–Trinajstić information content (AvgIpc) is 1.82. The van der Waals surface area contributed by atoms with Crippen molar-refractivity contribution in [2.45, 2.75) is 18.4 Å². The standard InChI is InChI=1S/C6H8O7.Ag.K/c7-3(8)1-6(13,5(11)12)2-4(9)10;;/h13H,1-2H2,(H,7,8)(H,9,10)(H,11,12);;/q;2*+1/p-2. The minimum atomic E-state index is -2.86. The van der Waals surface area contributed by atoms with E-state index in [1.807, 2.05) is 0 Å². The van der Waals surface area contributed by atoms with Gasteiger partial charge in [0.05, 0.1) is 0 Å². The van der Waals surface area contributed by atoms with Crippen LogP contribution in [0.1, 0.15) is 12.8 Å². The summed E-state index contributed by atoms with van der Waals surface area (Å²) in [7, 11) is 0. The van der Waals surface area contributed by atoms with Gasteiger partial charge in [-0.15, -0.1) is 0 Å². The van der Waals surface area contributed by atoms with Crippen LogP contribution in [-0.2, 0) is 36.8 Å². The van der Waals surface area contributed by atoms with Crippen LogP contribution in [-0.4, -0.2) is 33.7 Å². The first-order valence-corrected chi connectivity index (χ1v) is 3.13. The van der Waals surface area contributed by atoms with Gasteiger partial charge in [0.1, 0.15) is 0 Å². The Bertz CT molecular complexity index is 238. The second-order valence-electron chi connectivity index (χ2n) is 2.43. The van der Waals surface area contributed by atoms with Crippen LogP contribution in [0.3, 0.4) is 0 Å². The van der Waals surface area contributed by atoms with Gasteiger partial charge >= 0.3 is 79.7 Å². The summed E-state index contributed by atoms with van der Waals surface area (Å²) in [4.78, 5) is 30.2. The van der Waals surface area contributed by atoms with E-state index in [1.54, 1.807) is 0 Å². The Balaban J connectivity index is -0.000000720. The fourth-order valence-electron chi connectivity index (χ4n) is 0.691. The van der Waals surface area contributed by atoms with E-state index in [4.69, 9.17) is 10.2 Å². The molecule has 0 radical (unpaired) electrons. The fraction of sp³-hybridized carbons (Fsp3) is 0.500. The minimum Gasteiger partial charge on any atom is -0.550 e. The number of aliphatic carboxylic acids is 3. The van der Waals surface area contributed by atoms with Gasteiger partial charge in [-0.05, 0) is 0 Å². The molecule has 0 fully saturated rings. The van der Waals surface area contributed by atoms with Gasteiger partial charge in [0.25, 0.3) is 0 Å². The molecule has 0 aromatic rings. The largest absolute Gasteiger partial charge is 1.00 e. The molecule has 0 saturated heterocycles. The molecule has 0 heterocycles. The Kier molecular flexibility index (Phi) is 12.4. The summed E-state index contributed by atoms with van der Waals surface area (Å²) < 4.78 is 0. The maximum atomic E-state index is 10.3. The van der Waals surface area contributed by atoms with Crippen molar-refractivity contribution in [3.63, 3.8) is 0 Å². The number of rotatable bonds is 5. The first kappa shape index (κ1) is 21.1. The maximum absolute atomic E-state index is 10.3. The smallest absolute Gasteiger partial charge is 0.550 e. The molecular weight excluding hydrogens is 331 g/mol. The molecule has 0 aliphatic rings. The van der Waals surface area contributed by atoms with Crippen LogP contribution in [0.4, 0.5) is 0 Å². The summed E-state index contributed by atoms with van der Waals surface area (Å²) in [6.07, 6.45) is -2.59. The van der Waals surface area contributed by atoms with Crippen molar-refractivity contribution in [3.05, 3.63) is 0 Å². The van der Waals surface area contributed by atoms with Gasteiger partial charge in [0.2, 0.25) is 0 Å². The van der Waals surface area contributed by atoms with Crippen LogP contribution >= 0.6 is 0 Å². The maximum Gasteiger partial charge on any atom is 1.00 e. The zero-order chi connectivity index (χ0) is 10.6. The van der Waals surface area contributed by atoms with Crippen LogP contribution < -0.4 is 61.6 Å².